The molecule has 0 bridgehead atoms. The van der Waals surface area contributed by atoms with Crippen molar-refractivity contribution in [3.05, 3.63) is 33.1 Å². The maximum absolute atomic E-state index is 11.5. The summed E-state index contributed by atoms with van der Waals surface area (Å²) in [4.78, 5) is 24.5. The van der Waals surface area contributed by atoms with Crippen LogP contribution in [0, 0.1) is 0 Å². The van der Waals surface area contributed by atoms with Gasteiger partial charge in [-0.1, -0.05) is 6.92 Å². The Bertz CT molecular complexity index is 437. The van der Waals surface area contributed by atoms with Crippen LogP contribution in [0.1, 0.15) is 26.5 Å². The van der Waals surface area contributed by atoms with E-state index in [1.165, 1.54) is 16.8 Å². The summed E-state index contributed by atoms with van der Waals surface area (Å²) < 4.78 is 6.75. The first-order chi connectivity index (χ1) is 7.58. The summed E-state index contributed by atoms with van der Waals surface area (Å²) in [5, 5.41) is 8.87. The first-order valence-corrected chi connectivity index (χ1v) is 5.16. The first-order valence-electron chi connectivity index (χ1n) is 5.16. The van der Waals surface area contributed by atoms with E-state index >= 15 is 0 Å². The van der Waals surface area contributed by atoms with Gasteiger partial charge in [0.25, 0.3) is 5.56 Å². The fourth-order valence-corrected chi connectivity index (χ4v) is 1.32. The molecule has 0 aromatic carbocycles. The lowest BCUT2D eigenvalue weighted by atomic mass is 10.3. The summed E-state index contributed by atoms with van der Waals surface area (Å²) in [6, 6.07) is 1.26. The SMILES string of the molecule is CC[C@@H](O[C@@H](C)CO)n1ccc(=O)[nH]c1=O. The lowest BCUT2D eigenvalue weighted by Gasteiger charge is -2.21. The number of aromatic amines is 1. The number of aromatic nitrogens is 2. The van der Waals surface area contributed by atoms with Crippen molar-refractivity contribution in [1.29, 1.82) is 0 Å². The van der Waals surface area contributed by atoms with E-state index in [0.717, 1.165) is 0 Å². The molecule has 6 heteroatoms. The average molecular weight is 228 g/mol. The quantitative estimate of drug-likeness (QED) is 0.733. The van der Waals surface area contributed by atoms with Crippen molar-refractivity contribution in [1.82, 2.24) is 9.55 Å². The van der Waals surface area contributed by atoms with Crippen molar-refractivity contribution in [3.8, 4) is 0 Å². The smallest absolute Gasteiger partial charge is 0.330 e. The molecule has 0 unspecified atom stereocenters. The number of aliphatic hydroxyl groups excluding tert-OH is 1. The predicted molar refractivity (Wildman–Crippen MR) is 58.3 cm³/mol. The second-order valence-corrected chi connectivity index (χ2v) is 3.51. The number of nitrogens with one attached hydrogen (secondary N) is 1. The summed E-state index contributed by atoms with van der Waals surface area (Å²) in [5.41, 5.74) is -0.948. The molecular weight excluding hydrogens is 212 g/mol. The minimum Gasteiger partial charge on any atom is -0.394 e. The molecular formula is C10H16N2O4. The molecule has 0 saturated carbocycles. The molecule has 0 aliphatic rings. The lowest BCUT2D eigenvalue weighted by Crippen LogP contribution is -2.34. The third-order valence-electron chi connectivity index (χ3n) is 2.16. The molecule has 0 aliphatic heterocycles. The average Bonchev–Trinajstić information content (AvgIpc) is 2.26. The van der Waals surface area contributed by atoms with Gasteiger partial charge in [-0.2, -0.15) is 0 Å². The summed E-state index contributed by atoms with van der Waals surface area (Å²) in [6.07, 6.45) is 1.12. The van der Waals surface area contributed by atoms with Crippen LogP contribution in [0.25, 0.3) is 0 Å². The Kier molecular flexibility index (Phi) is 4.45. The molecule has 0 spiro atoms. The van der Waals surface area contributed by atoms with Gasteiger partial charge in [-0.3, -0.25) is 14.3 Å². The Morgan fingerprint density at radius 2 is 2.25 bits per heavy atom. The number of ether oxygens (including phenoxy) is 1. The maximum atomic E-state index is 11.5. The summed E-state index contributed by atoms with van der Waals surface area (Å²) in [6.45, 7) is 3.44. The number of rotatable bonds is 5. The zero-order chi connectivity index (χ0) is 12.1. The summed E-state index contributed by atoms with van der Waals surface area (Å²) in [7, 11) is 0. The highest BCUT2D eigenvalue weighted by atomic mass is 16.5. The van der Waals surface area contributed by atoms with Gasteiger partial charge in [-0.25, -0.2) is 4.79 Å². The molecule has 1 heterocycles. The van der Waals surface area contributed by atoms with Crippen LogP contribution in [0.15, 0.2) is 21.9 Å². The van der Waals surface area contributed by atoms with Gasteiger partial charge < -0.3 is 9.84 Å². The first kappa shape index (κ1) is 12.7. The third kappa shape index (κ3) is 3.04. The fraction of sp³-hybridized carbons (Fsp3) is 0.600. The maximum Gasteiger partial charge on any atom is 0.330 e. The third-order valence-corrected chi connectivity index (χ3v) is 2.16. The van der Waals surface area contributed by atoms with Gasteiger partial charge in [0.2, 0.25) is 0 Å². The summed E-state index contributed by atoms with van der Waals surface area (Å²) in [5.74, 6) is 0. The lowest BCUT2D eigenvalue weighted by molar-refractivity contribution is -0.0696. The highest BCUT2D eigenvalue weighted by molar-refractivity contribution is 4.84. The largest absolute Gasteiger partial charge is 0.394 e. The molecule has 90 valence electrons. The second-order valence-electron chi connectivity index (χ2n) is 3.51. The van der Waals surface area contributed by atoms with Crippen molar-refractivity contribution in [2.75, 3.05) is 6.61 Å². The van der Waals surface area contributed by atoms with Gasteiger partial charge in [0.1, 0.15) is 6.23 Å². The van der Waals surface area contributed by atoms with E-state index in [-0.39, 0.29) is 12.7 Å². The molecule has 1 rings (SSSR count). The van der Waals surface area contributed by atoms with E-state index in [4.69, 9.17) is 9.84 Å². The molecule has 1 aromatic rings. The van der Waals surface area contributed by atoms with Crippen LogP contribution in [-0.4, -0.2) is 27.4 Å². The Morgan fingerprint density at radius 3 is 2.75 bits per heavy atom. The van der Waals surface area contributed by atoms with Gasteiger partial charge in [-0.05, 0) is 13.3 Å². The van der Waals surface area contributed by atoms with Crippen LogP contribution >= 0.6 is 0 Å². The molecule has 1 aromatic heterocycles. The van der Waals surface area contributed by atoms with Crippen LogP contribution in [0.4, 0.5) is 0 Å². The number of hydrogen-bond acceptors (Lipinski definition) is 4. The molecule has 0 saturated heterocycles. The van der Waals surface area contributed by atoms with E-state index in [9.17, 15) is 9.59 Å². The van der Waals surface area contributed by atoms with E-state index in [1.807, 2.05) is 6.92 Å². The molecule has 2 N–H and O–H groups in total. The standard InChI is InChI=1S/C10H16N2O4/c1-3-9(16-7(2)6-13)12-5-4-8(14)11-10(12)15/h4-5,7,9,13H,3,6H2,1-2H3,(H,11,14,15)/t7-,9+/m0/s1. The van der Waals surface area contributed by atoms with E-state index in [0.29, 0.717) is 6.42 Å². The number of nitrogens with zero attached hydrogens (tertiary/aromatic N) is 1. The van der Waals surface area contributed by atoms with Crippen LogP contribution in [0.5, 0.6) is 0 Å². The zero-order valence-corrected chi connectivity index (χ0v) is 9.34. The molecule has 6 nitrogen and oxygen atoms in total. The van der Waals surface area contributed by atoms with E-state index in [1.54, 1.807) is 6.92 Å². The Labute approximate surface area is 92.5 Å². The zero-order valence-electron chi connectivity index (χ0n) is 9.34. The van der Waals surface area contributed by atoms with Gasteiger partial charge in [0.05, 0.1) is 12.7 Å². The molecule has 0 amide bonds. The van der Waals surface area contributed by atoms with Gasteiger partial charge >= 0.3 is 5.69 Å². The highest BCUT2D eigenvalue weighted by Crippen LogP contribution is 2.12. The van der Waals surface area contributed by atoms with E-state index < -0.39 is 17.5 Å². The van der Waals surface area contributed by atoms with Gasteiger partial charge in [0, 0.05) is 12.3 Å². The van der Waals surface area contributed by atoms with Crippen molar-refractivity contribution in [2.24, 2.45) is 0 Å². The molecule has 2 atom stereocenters. The normalized spacial score (nSPS) is 14.7. The topological polar surface area (TPSA) is 84.3 Å². The van der Waals surface area contributed by atoms with Crippen molar-refractivity contribution < 1.29 is 9.84 Å². The number of hydrogen-bond donors (Lipinski definition) is 2. The molecule has 16 heavy (non-hydrogen) atoms. The molecule has 0 radical (unpaired) electrons. The molecule has 0 fully saturated rings. The highest BCUT2D eigenvalue weighted by Gasteiger charge is 2.13. The van der Waals surface area contributed by atoms with Crippen LogP contribution in [0.2, 0.25) is 0 Å². The number of aliphatic hydroxyl groups is 1. The van der Waals surface area contributed by atoms with Crippen LogP contribution in [0.3, 0.4) is 0 Å². The minimum absolute atomic E-state index is 0.116. The van der Waals surface area contributed by atoms with Crippen LogP contribution < -0.4 is 11.2 Å². The Balaban J connectivity index is 2.95. The minimum atomic E-state index is -0.510. The van der Waals surface area contributed by atoms with Crippen molar-refractivity contribution >= 4 is 0 Å². The Morgan fingerprint density at radius 1 is 1.56 bits per heavy atom. The van der Waals surface area contributed by atoms with Gasteiger partial charge in [0.15, 0.2) is 0 Å². The summed E-state index contributed by atoms with van der Waals surface area (Å²) >= 11 is 0. The van der Waals surface area contributed by atoms with E-state index in [2.05, 4.69) is 4.98 Å². The monoisotopic (exact) mass is 228 g/mol. The van der Waals surface area contributed by atoms with Crippen molar-refractivity contribution in [3.63, 3.8) is 0 Å². The number of H-pyrrole nitrogens is 1. The Hall–Kier alpha value is -1.40. The predicted octanol–water partition coefficient (Wildman–Crippen LogP) is -0.157. The van der Waals surface area contributed by atoms with Crippen molar-refractivity contribution in [2.45, 2.75) is 32.6 Å². The fourth-order valence-electron chi connectivity index (χ4n) is 1.32. The van der Waals surface area contributed by atoms with Gasteiger partial charge in [-0.15, -0.1) is 0 Å². The second kappa shape index (κ2) is 5.62. The molecule has 0 aliphatic carbocycles. The van der Waals surface area contributed by atoms with Crippen LogP contribution in [-0.2, 0) is 4.74 Å².